The van der Waals surface area contributed by atoms with Crippen LogP contribution in [0.25, 0.3) is 0 Å². The van der Waals surface area contributed by atoms with Crippen molar-refractivity contribution in [2.75, 3.05) is 33.9 Å². The Balaban J connectivity index is 1.89. The zero-order valence-corrected chi connectivity index (χ0v) is 12.5. The van der Waals surface area contributed by atoms with Crippen LogP contribution in [0.1, 0.15) is 18.4 Å². The van der Waals surface area contributed by atoms with Crippen molar-refractivity contribution >= 4 is 12.1 Å². The first-order valence-electron chi connectivity index (χ1n) is 6.99. The highest BCUT2D eigenvalue weighted by Crippen LogP contribution is 2.22. The lowest BCUT2D eigenvalue weighted by atomic mass is 10.2. The van der Waals surface area contributed by atoms with Crippen molar-refractivity contribution in [3.05, 3.63) is 23.8 Å². The van der Waals surface area contributed by atoms with Gasteiger partial charge in [0.25, 0.3) is 5.91 Å². The average Bonchev–Trinajstić information content (AvgIpc) is 3.00. The molecule has 0 saturated carbocycles. The summed E-state index contributed by atoms with van der Waals surface area (Å²) in [5.74, 6) is 1.26. The molecule has 1 aromatic carbocycles. The third-order valence-corrected chi connectivity index (χ3v) is 3.40. The van der Waals surface area contributed by atoms with E-state index in [1.54, 1.807) is 26.5 Å². The summed E-state index contributed by atoms with van der Waals surface area (Å²) in [5.41, 5.74) is 3.32. The number of amides is 1. The molecule has 1 amide bonds. The van der Waals surface area contributed by atoms with Crippen LogP contribution in [-0.4, -0.2) is 50.9 Å². The van der Waals surface area contributed by atoms with Crippen molar-refractivity contribution in [3.63, 3.8) is 0 Å². The van der Waals surface area contributed by atoms with Crippen molar-refractivity contribution < 1.29 is 14.3 Å². The molecular formula is C15H21N3O3. The maximum absolute atomic E-state index is 11.7. The van der Waals surface area contributed by atoms with E-state index in [1.165, 1.54) is 12.8 Å². The molecule has 21 heavy (non-hydrogen) atoms. The number of ether oxygens (including phenoxy) is 2. The van der Waals surface area contributed by atoms with Gasteiger partial charge in [-0.3, -0.25) is 9.69 Å². The molecule has 6 nitrogen and oxygen atoms in total. The SMILES string of the molecule is COc1ccc(/C=N/NC(=O)CN2CCCC2)c(OC)c1. The van der Waals surface area contributed by atoms with Gasteiger partial charge in [0.1, 0.15) is 11.5 Å². The lowest BCUT2D eigenvalue weighted by Crippen LogP contribution is -2.33. The number of carbonyl (C=O) groups excluding carboxylic acids is 1. The van der Waals surface area contributed by atoms with Gasteiger partial charge in [-0.15, -0.1) is 0 Å². The fraction of sp³-hybridized carbons (Fsp3) is 0.467. The summed E-state index contributed by atoms with van der Waals surface area (Å²) in [5, 5.41) is 3.98. The summed E-state index contributed by atoms with van der Waals surface area (Å²) >= 11 is 0. The van der Waals surface area contributed by atoms with Crippen LogP contribution in [-0.2, 0) is 4.79 Å². The Morgan fingerprint density at radius 2 is 2.10 bits per heavy atom. The maximum Gasteiger partial charge on any atom is 0.254 e. The van der Waals surface area contributed by atoms with Gasteiger partial charge in [-0.2, -0.15) is 5.10 Å². The van der Waals surface area contributed by atoms with Crippen molar-refractivity contribution in [1.82, 2.24) is 10.3 Å². The molecular weight excluding hydrogens is 270 g/mol. The monoisotopic (exact) mass is 291 g/mol. The van der Waals surface area contributed by atoms with Crippen LogP contribution < -0.4 is 14.9 Å². The molecule has 114 valence electrons. The Morgan fingerprint density at radius 1 is 1.33 bits per heavy atom. The van der Waals surface area contributed by atoms with Gasteiger partial charge in [-0.25, -0.2) is 5.43 Å². The van der Waals surface area contributed by atoms with Gasteiger partial charge in [0, 0.05) is 11.6 Å². The molecule has 1 aliphatic rings. The average molecular weight is 291 g/mol. The summed E-state index contributed by atoms with van der Waals surface area (Å²) in [4.78, 5) is 13.9. The van der Waals surface area contributed by atoms with Gasteiger partial charge in [-0.1, -0.05) is 0 Å². The van der Waals surface area contributed by atoms with Crippen LogP contribution in [0.2, 0.25) is 0 Å². The number of hydrogen-bond donors (Lipinski definition) is 1. The van der Waals surface area contributed by atoms with Gasteiger partial charge in [0.15, 0.2) is 0 Å². The molecule has 1 saturated heterocycles. The first-order valence-corrected chi connectivity index (χ1v) is 6.99. The highest BCUT2D eigenvalue weighted by atomic mass is 16.5. The summed E-state index contributed by atoms with van der Waals surface area (Å²) < 4.78 is 10.4. The van der Waals surface area contributed by atoms with Crippen LogP contribution in [0.4, 0.5) is 0 Å². The Morgan fingerprint density at radius 3 is 2.76 bits per heavy atom. The number of nitrogens with zero attached hydrogens (tertiary/aromatic N) is 2. The number of hydrazone groups is 1. The second-order valence-electron chi connectivity index (χ2n) is 4.88. The van der Waals surface area contributed by atoms with Crippen molar-refractivity contribution in [2.45, 2.75) is 12.8 Å². The smallest absolute Gasteiger partial charge is 0.254 e. The second-order valence-corrected chi connectivity index (χ2v) is 4.88. The van der Waals surface area contributed by atoms with E-state index in [9.17, 15) is 4.79 Å². The number of methoxy groups -OCH3 is 2. The van der Waals surface area contributed by atoms with Gasteiger partial charge in [0.2, 0.25) is 0 Å². The Labute approximate surface area is 124 Å². The standard InChI is InChI=1S/C15H21N3O3/c1-20-13-6-5-12(14(9-13)21-2)10-16-17-15(19)11-18-7-3-4-8-18/h5-6,9-10H,3-4,7-8,11H2,1-2H3,(H,17,19)/b16-10+. The first kappa shape index (κ1) is 15.3. The summed E-state index contributed by atoms with van der Waals surface area (Å²) in [6, 6.07) is 5.41. The lowest BCUT2D eigenvalue weighted by Gasteiger charge is -2.12. The van der Waals surface area contributed by atoms with E-state index in [-0.39, 0.29) is 5.91 Å². The topological polar surface area (TPSA) is 63.2 Å². The number of nitrogens with one attached hydrogen (secondary N) is 1. The highest BCUT2D eigenvalue weighted by molar-refractivity contribution is 5.86. The fourth-order valence-corrected chi connectivity index (χ4v) is 2.28. The Kier molecular flexibility index (Phi) is 5.57. The molecule has 0 aromatic heterocycles. The molecule has 0 atom stereocenters. The number of likely N-dealkylation sites (tertiary alicyclic amines) is 1. The quantitative estimate of drug-likeness (QED) is 0.633. The highest BCUT2D eigenvalue weighted by Gasteiger charge is 2.14. The van der Waals surface area contributed by atoms with Crippen LogP contribution >= 0.6 is 0 Å². The minimum atomic E-state index is -0.0966. The largest absolute Gasteiger partial charge is 0.497 e. The van der Waals surface area contributed by atoms with E-state index < -0.39 is 0 Å². The van der Waals surface area contributed by atoms with E-state index in [4.69, 9.17) is 9.47 Å². The van der Waals surface area contributed by atoms with Crippen molar-refractivity contribution in [2.24, 2.45) is 5.10 Å². The third-order valence-electron chi connectivity index (χ3n) is 3.40. The first-order chi connectivity index (χ1) is 10.2. The molecule has 0 spiro atoms. The molecule has 0 radical (unpaired) electrons. The van der Waals surface area contributed by atoms with Gasteiger partial charge < -0.3 is 9.47 Å². The number of hydrogen-bond acceptors (Lipinski definition) is 5. The van der Waals surface area contributed by atoms with Crippen LogP contribution in [0.5, 0.6) is 11.5 Å². The van der Waals surface area contributed by atoms with E-state index in [0.717, 1.165) is 18.7 Å². The zero-order chi connectivity index (χ0) is 15.1. The Hall–Kier alpha value is -2.08. The Bertz CT molecular complexity index is 511. The number of carbonyl (C=O) groups is 1. The van der Waals surface area contributed by atoms with Crippen molar-refractivity contribution in [1.29, 1.82) is 0 Å². The van der Waals surface area contributed by atoms with E-state index in [1.807, 2.05) is 12.1 Å². The normalized spacial score (nSPS) is 15.3. The van der Waals surface area contributed by atoms with E-state index in [2.05, 4.69) is 15.4 Å². The number of benzene rings is 1. The molecule has 1 heterocycles. The minimum absolute atomic E-state index is 0.0966. The molecule has 1 fully saturated rings. The van der Waals surface area contributed by atoms with Crippen LogP contribution in [0.15, 0.2) is 23.3 Å². The second kappa shape index (κ2) is 7.64. The van der Waals surface area contributed by atoms with E-state index in [0.29, 0.717) is 18.0 Å². The van der Waals surface area contributed by atoms with Gasteiger partial charge in [-0.05, 0) is 38.1 Å². The predicted molar refractivity (Wildman–Crippen MR) is 81.0 cm³/mol. The van der Waals surface area contributed by atoms with Gasteiger partial charge >= 0.3 is 0 Å². The summed E-state index contributed by atoms with van der Waals surface area (Å²) in [7, 11) is 3.18. The van der Waals surface area contributed by atoms with Crippen LogP contribution in [0.3, 0.4) is 0 Å². The fourth-order valence-electron chi connectivity index (χ4n) is 2.28. The summed E-state index contributed by atoms with van der Waals surface area (Å²) in [6.45, 7) is 2.38. The zero-order valence-electron chi connectivity index (χ0n) is 12.5. The van der Waals surface area contributed by atoms with Gasteiger partial charge in [0.05, 0.1) is 27.0 Å². The molecule has 1 aliphatic heterocycles. The molecule has 1 N–H and O–H groups in total. The minimum Gasteiger partial charge on any atom is -0.497 e. The maximum atomic E-state index is 11.7. The molecule has 2 rings (SSSR count). The van der Waals surface area contributed by atoms with E-state index >= 15 is 0 Å². The molecule has 0 unspecified atom stereocenters. The summed E-state index contributed by atoms with van der Waals surface area (Å²) in [6.07, 6.45) is 3.90. The molecule has 0 bridgehead atoms. The molecule has 1 aromatic rings. The van der Waals surface area contributed by atoms with Crippen LogP contribution in [0, 0.1) is 0 Å². The number of rotatable bonds is 6. The predicted octanol–water partition coefficient (Wildman–Crippen LogP) is 1.25. The third kappa shape index (κ3) is 4.46. The van der Waals surface area contributed by atoms with Crippen molar-refractivity contribution in [3.8, 4) is 11.5 Å². The molecule has 6 heteroatoms. The molecule has 0 aliphatic carbocycles. The lowest BCUT2D eigenvalue weighted by molar-refractivity contribution is -0.121.